The van der Waals surface area contributed by atoms with E-state index in [4.69, 9.17) is 9.84 Å². The van der Waals surface area contributed by atoms with Gasteiger partial charge in [0, 0.05) is 6.54 Å². The zero-order chi connectivity index (χ0) is 14.3. The summed E-state index contributed by atoms with van der Waals surface area (Å²) in [5.41, 5.74) is 0.520. The van der Waals surface area contributed by atoms with E-state index < -0.39 is 5.54 Å². The summed E-state index contributed by atoms with van der Waals surface area (Å²) >= 11 is 0. The molecule has 1 aromatic rings. The standard InChI is InChI=1S/C14H22N2O3/c1-14(2,10-17)16-13(18)15-9-8-11-4-6-12(19-3)7-5-11/h4-7,17H,8-10H2,1-3H3,(H2,15,16,18). The summed E-state index contributed by atoms with van der Waals surface area (Å²) in [7, 11) is 1.63. The van der Waals surface area contributed by atoms with Crippen LogP contribution in [0.1, 0.15) is 19.4 Å². The van der Waals surface area contributed by atoms with Crippen LogP contribution in [0.4, 0.5) is 4.79 Å². The number of hydrogen-bond acceptors (Lipinski definition) is 3. The molecule has 19 heavy (non-hydrogen) atoms. The van der Waals surface area contributed by atoms with Crippen molar-refractivity contribution in [2.75, 3.05) is 20.3 Å². The van der Waals surface area contributed by atoms with Gasteiger partial charge in [-0.25, -0.2) is 4.79 Å². The Labute approximate surface area is 114 Å². The van der Waals surface area contributed by atoms with Crippen LogP contribution >= 0.6 is 0 Å². The van der Waals surface area contributed by atoms with Crippen molar-refractivity contribution in [3.63, 3.8) is 0 Å². The van der Waals surface area contributed by atoms with E-state index in [0.717, 1.165) is 17.7 Å². The zero-order valence-electron chi connectivity index (χ0n) is 11.7. The second kappa shape index (κ2) is 6.99. The van der Waals surface area contributed by atoms with Crippen LogP contribution in [0.3, 0.4) is 0 Å². The summed E-state index contributed by atoms with van der Waals surface area (Å²) in [6.07, 6.45) is 0.747. The van der Waals surface area contributed by atoms with Gasteiger partial charge >= 0.3 is 6.03 Å². The third-order valence-electron chi connectivity index (χ3n) is 2.71. The number of aliphatic hydroxyl groups is 1. The maximum atomic E-state index is 11.6. The molecule has 0 saturated carbocycles. The molecule has 0 radical (unpaired) electrons. The van der Waals surface area contributed by atoms with E-state index in [1.54, 1.807) is 21.0 Å². The molecule has 0 heterocycles. The highest BCUT2D eigenvalue weighted by Crippen LogP contribution is 2.11. The molecule has 0 saturated heterocycles. The third kappa shape index (κ3) is 5.61. The molecular formula is C14H22N2O3. The van der Waals surface area contributed by atoms with E-state index in [-0.39, 0.29) is 12.6 Å². The Balaban J connectivity index is 2.31. The number of benzene rings is 1. The molecule has 2 amide bonds. The van der Waals surface area contributed by atoms with E-state index in [9.17, 15) is 4.79 Å². The molecule has 5 nitrogen and oxygen atoms in total. The van der Waals surface area contributed by atoms with Gasteiger partial charge in [-0.15, -0.1) is 0 Å². The smallest absolute Gasteiger partial charge is 0.315 e. The first-order valence-electron chi connectivity index (χ1n) is 6.26. The number of urea groups is 1. The first kappa shape index (κ1) is 15.3. The number of amides is 2. The van der Waals surface area contributed by atoms with Crippen molar-refractivity contribution in [2.45, 2.75) is 25.8 Å². The van der Waals surface area contributed by atoms with Gasteiger partial charge < -0.3 is 20.5 Å². The lowest BCUT2D eigenvalue weighted by molar-refractivity contribution is 0.182. The topological polar surface area (TPSA) is 70.6 Å². The normalized spacial score (nSPS) is 10.9. The van der Waals surface area contributed by atoms with Crippen molar-refractivity contribution in [1.29, 1.82) is 0 Å². The molecule has 0 aliphatic carbocycles. The summed E-state index contributed by atoms with van der Waals surface area (Å²) in [6.45, 7) is 3.96. The van der Waals surface area contributed by atoms with Crippen molar-refractivity contribution in [1.82, 2.24) is 10.6 Å². The number of hydrogen-bond donors (Lipinski definition) is 3. The molecule has 1 rings (SSSR count). The molecule has 0 bridgehead atoms. The lowest BCUT2D eigenvalue weighted by atomic mass is 10.1. The number of methoxy groups -OCH3 is 1. The van der Waals surface area contributed by atoms with Crippen molar-refractivity contribution in [3.8, 4) is 5.75 Å². The van der Waals surface area contributed by atoms with Gasteiger partial charge in [-0.2, -0.15) is 0 Å². The van der Waals surface area contributed by atoms with Crippen LogP contribution in [0.5, 0.6) is 5.75 Å². The molecule has 0 atom stereocenters. The fourth-order valence-electron chi connectivity index (χ4n) is 1.50. The summed E-state index contributed by atoms with van der Waals surface area (Å²) in [4.78, 5) is 11.6. The van der Waals surface area contributed by atoms with E-state index in [0.29, 0.717) is 6.54 Å². The zero-order valence-corrected chi connectivity index (χ0v) is 11.7. The maximum absolute atomic E-state index is 11.6. The fourth-order valence-corrected chi connectivity index (χ4v) is 1.50. The van der Waals surface area contributed by atoms with Crippen LogP contribution in [0.25, 0.3) is 0 Å². The van der Waals surface area contributed by atoms with Gasteiger partial charge in [-0.05, 0) is 38.0 Å². The highest BCUT2D eigenvalue weighted by atomic mass is 16.5. The van der Waals surface area contributed by atoms with Gasteiger partial charge in [-0.1, -0.05) is 12.1 Å². The van der Waals surface area contributed by atoms with Crippen LogP contribution in [-0.2, 0) is 6.42 Å². The lowest BCUT2D eigenvalue weighted by Crippen LogP contribution is -2.50. The highest BCUT2D eigenvalue weighted by Gasteiger charge is 2.18. The van der Waals surface area contributed by atoms with Gasteiger partial charge in [0.1, 0.15) is 5.75 Å². The van der Waals surface area contributed by atoms with Crippen molar-refractivity contribution < 1.29 is 14.6 Å². The van der Waals surface area contributed by atoms with Gasteiger partial charge in [0.15, 0.2) is 0 Å². The summed E-state index contributed by atoms with van der Waals surface area (Å²) in [5.74, 6) is 0.819. The molecule has 0 spiro atoms. The van der Waals surface area contributed by atoms with Crippen molar-refractivity contribution in [2.24, 2.45) is 0 Å². The second-order valence-electron chi connectivity index (χ2n) is 5.02. The van der Waals surface area contributed by atoms with Crippen LogP contribution in [-0.4, -0.2) is 36.9 Å². The van der Waals surface area contributed by atoms with Crippen LogP contribution < -0.4 is 15.4 Å². The number of rotatable bonds is 6. The monoisotopic (exact) mass is 266 g/mol. The quantitative estimate of drug-likeness (QED) is 0.727. The Kier molecular flexibility index (Phi) is 5.63. The van der Waals surface area contributed by atoms with E-state index >= 15 is 0 Å². The van der Waals surface area contributed by atoms with Crippen LogP contribution in [0.15, 0.2) is 24.3 Å². The van der Waals surface area contributed by atoms with Gasteiger partial charge in [0.05, 0.1) is 19.3 Å². The van der Waals surface area contributed by atoms with Crippen LogP contribution in [0, 0.1) is 0 Å². The number of nitrogens with one attached hydrogen (secondary N) is 2. The Morgan fingerprint density at radius 2 is 1.95 bits per heavy atom. The van der Waals surface area contributed by atoms with Gasteiger partial charge in [0.2, 0.25) is 0 Å². The van der Waals surface area contributed by atoms with Crippen molar-refractivity contribution in [3.05, 3.63) is 29.8 Å². The average molecular weight is 266 g/mol. The predicted octanol–water partition coefficient (Wildman–Crippen LogP) is 1.31. The van der Waals surface area contributed by atoms with E-state index in [1.165, 1.54) is 0 Å². The number of aliphatic hydroxyl groups excluding tert-OH is 1. The summed E-state index contributed by atoms with van der Waals surface area (Å²) < 4.78 is 5.08. The predicted molar refractivity (Wildman–Crippen MR) is 74.4 cm³/mol. The first-order chi connectivity index (χ1) is 8.96. The minimum atomic E-state index is -0.607. The largest absolute Gasteiger partial charge is 0.497 e. The van der Waals surface area contributed by atoms with E-state index in [2.05, 4.69) is 10.6 Å². The molecule has 106 valence electrons. The molecule has 0 aromatic heterocycles. The lowest BCUT2D eigenvalue weighted by Gasteiger charge is -2.23. The highest BCUT2D eigenvalue weighted by molar-refractivity contribution is 5.74. The first-order valence-corrected chi connectivity index (χ1v) is 6.26. The maximum Gasteiger partial charge on any atom is 0.315 e. The van der Waals surface area contributed by atoms with Gasteiger partial charge in [-0.3, -0.25) is 0 Å². The minimum absolute atomic E-state index is 0.0983. The summed E-state index contributed by atoms with van der Waals surface area (Å²) in [6, 6.07) is 7.45. The Bertz CT molecular complexity index is 402. The Hall–Kier alpha value is -1.75. The fraction of sp³-hybridized carbons (Fsp3) is 0.500. The average Bonchev–Trinajstić information content (AvgIpc) is 2.39. The minimum Gasteiger partial charge on any atom is -0.497 e. The molecule has 0 unspecified atom stereocenters. The van der Waals surface area contributed by atoms with Crippen LogP contribution in [0.2, 0.25) is 0 Å². The molecule has 1 aromatic carbocycles. The van der Waals surface area contributed by atoms with E-state index in [1.807, 2.05) is 24.3 Å². The molecule has 0 aliphatic heterocycles. The SMILES string of the molecule is COc1ccc(CCNC(=O)NC(C)(C)CO)cc1. The van der Waals surface area contributed by atoms with Crippen molar-refractivity contribution >= 4 is 6.03 Å². The molecule has 3 N–H and O–H groups in total. The number of carbonyl (C=O) groups excluding carboxylic acids is 1. The molecular weight excluding hydrogens is 244 g/mol. The molecule has 5 heteroatoms. The van der Waals surface area contributed by atoms with Gasteiger partial charge in [0.25, 0.3) is 0 Å². The summed E-state index contributed by atoms with van der Waals surface area (Å²) in [5, 5.41) is 14.5. The number of carbonyl (C=O) groups is 1. The molecule has 0 aliphatic rings. The third-order valence-corrected chi connectivity index (χ3v) is 2.71. The number of ether oxygens (including phenoxy) is 1. The molecule has 0 fully saturated rings. The Morgan fingerprint density at radius 3 is 2.47 bits per heavy atom. The Morgan fingerprint density at radius 1 is 1.32 bits per heavy atom. The second-order valence-corrected chi connectivity index (χ2v) is 5.02.